The summed E-state index contributed by atoms with van der Waals surface area (Å²) in [6.07, 6.45) is 0. The SMILES string of the molecule is Br.NCC(Br)C(=O)O. The molecule has 0 aliphatic heterocycles. The molecule has 3 N–H and O–H groups in total. The van der Waals surface area contributed by atoms with Gasteiger partial charge >= 0.3 is 5.97 Å². The summed E-state index contributed by atoms with van der Waals surface area (Å²) in [5, 5.41) is 8.06. The lowest BCUT2D eigenvalue weighted by Gasteiger charge is -1.94. The Kier molecular flexibility index (Phi) is 7.75. The molecule has 0 aromatic carbocycles. The number of aliphatic carboxylic acids is 1. The van der Waals surface area contributed by atoms with Crippen molar-refractivity contribution in [3.63, 3.8) is 0 Å². The molecule has 0 amide bonds. The largest absolute Gasteiger partial charge is 0.480 e. The predicted molar refractivity (Wildman–Crippen MR) is 39.7 cm³/mol. The van der Waals surface area contributed by atoms with E-state index in [9.17, 15) is 4.79 Å². The highest BCUT2D eigenvalue weighted by Gasteiger charge is 2.07. The fourth-order valence-electron chi connectivity index (χ4n) is 0.101. The Bertz CT molecular complexity index is 77.7. The minimum Gasteiger partial charge on any atom is -0.480 e. The van der Waals surface area contributed by atoms with E-state index >= 15 is 0 Å². The van der Waals surface area contributed by atoms with Crippen molar-refractivity contribution in [3.8, 4) is 0 Å². The van der Waals surface area contributed by atoms with Crippen LogP contribution in [-0.2, 0) is 4.79 Å². The van der Waals surface area contributed by atoms with E-state index in [1.54, 1.807) is 0 Å². The Morgan fingerprint density at radius 1 is 1.88 bits per heavy atom. The Labute approximate surface area is 66.1 Å². The second-order valence-electron chi connectivity index (χ2n) is 1.04. The maximum Gasteiger partial charge on any atom is 0.318 e. The van der Waals surface area contributed by atoms with E-state index < -0.39 is 10.8 Å². The third-order valence-electron chi connectivity index (χ3n) is 0.475. The van der Waals surface area contributed by atoms with Crippen LogP contribution < -0.4 is 5.73 Å². The molecule has 1 unspecified atom stereocenters. The van der Waals surface area contributed by atoms with Crippen LogP contribution in [0.1, 0.15) is 0 Å². The van der Waals surface area contributed by atoms with Crippen LogP contribution in [-0.4, -0.2) is 22.4 Å². The molecule has 0 aromatic rings. The first-order chi connectivity index (χ1) is 3.18. The topological polar surface area (TPSA) is 63.3 Å². The molecule has 0 aliphatic carbocycles. The standard InChI is InChI=1S/C3H6BrNO2.BrH/c4-2(1-5)3(6)7;/h2H,1,5H2,(H,6,7);1H. The van der Waals surface area contributed by atoms with Crippen LogP contribution in [0.25, 0.3) is 0 Å². The van der Waals surface area contributed by atoms with Gasteiger partial charge in [-0.3, -0.25) is 4.79 Å². The second-order valence-corrected chi connectivity index (χ2v) is 2.15. The van der Waals surface area contributed by atoms with Crippen molar-refractivity contribution in [2.24, 2.45) is 5.73 Å². The van der Waals surface area contributed by atoms with E-state index in [1.807, 2.05) is 0 Å². The van der Waals surface area contributed by atoms with Gasteiger partial charge in [-0.2, -0.15) is 0 Å². The summed E-state index contributed by atoms with van der Waals surface area (Å²) in [5.41, 5.74) is 4.95. The Morgan fingerprint density at radius 3 is 2.25 bits per heavy atom. The molecule has 0 spiro atoms. The summed E-state index contributed by atoms with van der Waals surface area (Å²) in [5.74, 6) is -0.914. The molecule has 3 nitrogen and oxygen atoms in total. The molecule has 8 heavy (non-hydrogen) atoms. The number of nitrogens with two attached hydrogens (primary N) is 1. The number of hydrogen-bond donors (Lipinski definition) is 2. The highest BCUT2D eigenvalue weighted by molar-refractivity contribution is 9.10. The number of rotatable bonds is 2. The molecule has 50 valence electrons. The Balaban J connectivity index is 0. The van der Waals surface area contributed by atoms with E-state index in [4.69, 9.17) is 10.8 Å². The van der Waals surface area contributed by atoms with Gasteiger partial charge in [0.25, 0.3) is 0 Å². The van der Waals surface area contributed by atoms with Gasteiger partial charge in [-0.05, 0) is 0 Å². The van der Waals surface area contributed by atoms with Gasteiger partial charge in [0.2, 0.25) is 0 Å². The van der Waals surface area contributed by atoms with Crippen molar-refractivity contribution in [1.82, 2.24) is 0 Å². The number of carboxylic acids is 1. The molecule has 1 atom stereocenters. The van der Waals surface area contributed by atoms with Crippen molar-refractivity contribution in [2.45, 2.75) is 4.83 Å². The van der Waals surface area contributed by atoms with Gasteiger partial charge in [0.05, 0.1) is 0 Å². The van der Waals surface area contributed by atoms with E-state index in [0.717, 1.165) is 0 Å². The van der Waals surface area contributed by atoms with E-state index in [1.165, 1.54) is 0 Å². The first-order valence-electron chi connectivity index (χ1n) is 1.75. The Hall–Kier alpha value is 0.390. The first-order valence-corrected chi connectivity index (χ1v) is 2.67. The highest BCUT2D eigenvalue weighted by Crippen LogP contribution is 1.93. The fraction of sp³-hybridized carbons (Fsp3) is 0.667. The first kappa shape index (κ1) is 11.2. The van der Waals surface area contributed by atoms with E-state index in [0.29, 0.717) is 0 Å². The van der Waals surface area contributed by atoms with Gasteiger partial charge in [0.1, 0.15) is 4.83 Å². The van der Waals surface area contributed by atoms with Crippen molar-refractivity contribution >= 4 is 38.9 Å². The van der Waals surface area contributed by atoms with Crippen LogP contribution >= 0.6 is 32.9 Å². The van der Waals surface area contributed by atoms with Gasteiger partial charge in [0.15, 0.2) is 0 Å². The molecule has 0 heterocycles. The summed E-state index contributed by atoms with van der Waals surface area (Å²) < 4.78 is 0. The molecule has 0 fully saturated rings. The van der Waals surface area contributed by atoms with E-state index in [2.05, 4.69) is 15.9 Å². The number of alkyl halides is 1. The molecular formula is C3H7Br2NO2. The van der Waals surface area contributed by atoms with Crippen LogP contribution in [0, 0.1) is 0 Å². The molecule has 0 bridgehead atoms. The molecule has 0 radical (unpaired) electrons. The molecule has 0 aromatic heterocycles. The zero-order valence-corrected chi connectivity index (χ0v) is 7.30. The summed E-state index contributed by atoms with van der Waals surface area (Å²) in [4.78, 5) is 9.21. The average Bonchev–Trinajstić information content (AvgIpc) is 1.65. The quantitative estimate of drug-likeness (QED) is 0.695. The van der Waals surface area contributed by atoms with Gasteiger partial charge in [-0.1, -0.05) is 15.9 Å². The highest BCUT2D eigenvalue weighted by atomic mass is 79.9. The zero-order chi connectivity index (χ0) is 5.86. The van der Waals surface area contributed by atoms with Crippen molar-refractivity contribution in [2.75, 3.05) is 6.54 Å². The summed E-state index contributed by atoms with van der Waals surface area (Å²) in [6, 6.07) is 0. The maximum absolute atomic E-state index is 9.80. The molecule has 0 saturated carbocycles. The van der Waals surface area contributed by atoms with E-state index in [-0.39, 0.29) is 23.5 Å². The maximum atomic E-state index is 9.80. The monoisotopic (exact) mass is 247 g/mol. The normalized spacial score (nSPS) is 11.8. The van der Waals surface area contributed by atoms with Gasteiger partial charge in [-0.25, -0.2) is 0 Å². The number of carbonyl (C=O) groups is 1. The smallest absolute Gasteiger partial charge is 0.318 e. The summed E-state index contributed by atoms with van der Waals surface area (Å²) in [7, 11) is 0. The Morgan fingerprint density at radius 2 is 2.25 bits per heavy atom. The lowest BCUT2D eigenvalue weighted by molar-refractivity contribution is -0.136. The average molecular weight is 249 g/mol. The number of halogens is 2. The van der Waals surface area contributed by atoms with Crippen molar-refractivity contribution < 1.29 is 9.90 Å². The fourth-order valence-corrected chi connectivity index (χ4v) is 0.101. The predicted octanol–water partition coefficient (Wildman–Crippen LogP) is 0.371. The minimum absolute atomic E-state index is 0. The lowest BCUT2D eigenvalue weighted by Crippen LogP contribution is -2.22. The minimum atomic E-state index is -0.914. The van der Waals surface area contributed by atoms with Crippen LogP contribution in [0.4, 0.5) is 0 Å². The lowest BCUT2D eigenvalue weighted by atomic mass is 10.4. The second kappa shape index (κ2) is 5.53. The molecular weight excluding hydrogens is 242 g/mol. The van der Waals surface area contributed by atoms with Gasteiger partial charge < -0.3 is 10.8 Å². The van der Waals surface area contributed by atoms with Gasteiger partial charge in [0, 0.05) is 6.54 Å². The summed E-state index contributed by atoms with van der Waals surface area (Å²) >= 11 is 2.82. The molecule has 0 rings (SSSR count). The number of hydrogen-bond acceptors (Lipinski definition) is 2. The van der Waals surface area contributed by atoms with Crippen molar-refractivity contribution in [1.29, 1.82) is 0 Å². The summed E-state index contributed by atoms with van der Waals surface area (Å²) in [6.45, 7) is 0.134. The molecule has 5 heteroatoms. The van der Waals surface area contributed by atoms with Crippen LogP contribution in [0.15, 0.2) is 0 Å². The third-order valence-corrected chi connectivity index (χ3v) is 1.24. The third kappa shape index (κ3) is 4.55. The van der Waals surface area contributed by atoms with Gasteiger partial charge in [-0.15, -0.1) is 17.0 Å². The van der Waals surface area contributed by atoms with Crippen LogP contribution in [0.5, 0.6) is 0 Å². The number of carboxylic acid groups (broad SMARTS) is 1. The molecule has 0 aliphatic rings. The zero-order valence-electron chi connectivity index (χ0n) is 4.00. The van der Waals surface area contributed by atoms with Crippen molar-refractivity contribution in [3.05, 3.63) is 0 Å². The van der Waals surface area contributed by atoms with Crippen LogP contribution in [0.2, 0.25) is 0 Å². The molecule has 0 saturated heterocycles. The van der Waals surface area contributed by atoms with Crippen LogP contribution in [0.3, 0.4) is 0 Å².